The van der Waals surface area contributed by atoms with Gasteiger partial charge in [-0.2, -0.15) is 0 Å². The minimum absolute atomic E-state index is 0.0835. The maximum atomic E-state index is 12.4. The van der Waals surface area contributed by atoms with Crippen molar-refractivity contribution in [1.82, 2.24) is 4.31 Å². The first kappa shape index (κ1) is 16.5. The highest BCUT2D eigenvalue weighted by molar-refractivity contribution is 7.89. The fourth-order valence-corrected chi connectivity index (χ4v) is 3.16. The molecule has 20 heavy (non-hydrogen) atoms. The van der Waals surface area contributed by atoms with Crippen molar-refractivity contribution in [3.8, 4) is 0 Å². The summed E-state index contributed by atoms with van der Waals surface area (Å²) in [7, 11) is -2.42. The Labute approximate surface area is 118 Å². The zero-order chi connectivity index (χ0) is 15.5. The predicted molar refractivity (Wildman–Crippen MR) is 73.9 cm³/mol. The van der Waals surface area contributed by atoms with E-state index in [0.717, 1.165) is 4.31 Å². The van der Waals surface area contributed by atoms with E-state index in [1.807, 2.05) is 0 Å². The number of rotatable bonds is 6. The fraction of sp³-hybridized carbons (Fsp3) is 0.500. The molecule has 0 aliphatic heterocycles. The molecule has 1 atom stereocenters. The van der Waals surface area contributed by atoms with Crippen LogP contribution in [0.2, 0.25) is 0 Å². The normalized spacial score (nSPS) is 13.4. The van der Waals surface area contributed by atoms with Crippen LogP contribution in [0.3, 0.4) is 0 Å². The minimum atomic E-state index is -3.80. The molecule has 0 heterocycles. The summed E-state index contributed by atoms with van der Waals surface area (Å²) in [4.78, 5) is 10.2. The fourth-order valence-electron chi connectivity index (χ4n) is 1.74. The van der Waals surface area contributed by atoms with Gasteiger partial charge in [0.15, 0.2) is 0 Å². The molecule has 0 aromatic heterocycles. The Bertz CT molecular complexity index is 598. The van der Waals surface area contributed by atoms with Crippen molar-refractivity contribution in [3.63, 3.8) is 0 Å². The van der Waals surface area contributed by atoms with Crippen LogP contribution in [0.5, 0.6) is 0 Å². The topological polar surface area (TPSA) is 101 Å². The number of sulfonamides is 1. The summed E-state index contributed by atoms with van der Waals surface area (Å²) in [5, 5.41) is 20.0. The molecular weight excluding hydrogens is 284 g/mol. The number of aliphatic hydroxyl groups is 1. The van der Waals surface area contributed by atoms with Gasteiger partial charge in [-0.05, 0) is 26.3 Å². The van der Waals surface area contributed by atoms with Gasteiger partial charge in [-0.25, -0.2) is 12.7 Å². The lowest BCUT2D eigenvalue weighted by atomic mass is 10.2. The summed E-state index contributed by atoms with van der Waals surface area (Å²) in [5.74, 6) is 0. The number of nitrogens with zero attached hydrogens (tertiary/aromatic N) is 2. The first-order valence-corrected chi connectivity index (χ1v) is 7.50. The number of benzene rings is 1. The second kappa shape index (κ2) is 6.29. The Morgan fingerprint density at radius 1 is 1.45 bits per heavy atom. The highest BCUT2D eigenvalue weighted by Crippen LogP contribution is 2.26. The molecule has 0 amide bonds. The quantitative estimate of drug-likeness (QED) is 0.630. The van der Waals surface area contributed by atoms with Crippen molar-refractivity contribution in [3.05, 3.63) is 33.9 Å². The SMILES string of the molecule is Cc1c([N+](=O)[O-])cccc1S(=O)(=O)N(C)CCC(C)O. The highest BCUT2D eigenvalue weighted by atomic mass is 32.2. The molecule has 112 valence electrons. The van der Waals surface area contributed by atoms with Crippen LogP contribution >= 0.6 is 0 Å². The molecule has 0 saturated heterocycles. The maximum Gasteiger partial charge on any atom is 0.273 e. The average molecular weight is 302 g/mol. The number of nitro groups is 1. The lowest BCUT2D eigenvalue weighted by Crippen LogP contribution is -2.30. The number of hydrogen-bond donors (Lipinski definition) is 1. The molecule has 7 nitrogen and oxygen atoms in total. The average Bonchev–Trinajstić information content (AvgIpc) is 2.35. The number of hydrogen-bond acceptors (Lipinski definition) is 5. The van der Waals surface area contributed by atoms with E-state index < -0.39 is 21.1 Å². The molecule has 0 fully saturated rings. The summed E-state index contributed by atoms with van der Waals surface area (Å²) in [6.45, 7) is 3.12. The van der Waals surface area contributed by atoms with Gasteiger partial charge in [0.2, 0.25) is 10.0 Å². The molecule has 1 aromatic rings. The van der Waals surface area contributed by atoms with E-state index in [9.17, 15) is 23.6 Å². The second-order valence-corrected chi connectivity index (χ2v) is 6.63. The third-order valence-electron chi connectivity index (χ3n) is 3.00. The number of nitro benzene ring substituents is 1. The summed E-state index contributed by atoms with van der Waals surface area (Å²) < 4.78 is 25.8. The zero-order valence-corrected chi connectivity index (χ0v) is 12.4. The Hall–Kier alpha value is -1.51. The molecule has 1 aromatic carbocycles. The minimum Gasteiger partial charge on any atom is -0.393 e. The van der Waals surface area contributed by atoms with E-state index in [1.54, 1.807) is 6.92 Å². The number of aliphatic hydroxyl groups excluding tert-OH is 1. The molecule has 0 saturated carbocycles. The smallest absolute Gasteiger partial charge is 0.273 e. The maximum absolute atomic E-state index is 12.4. The summed E-state index contributed by atoms with van der Waals surface area (Å²) >= 11 is 0. The van der Waals surface area contributed by atoms with Crippen molar-refractivity contribution in [2.75, 3.05) is 13.6 Å². The first-order valence-electron chi connectivity index (χ1n) is 6.06. The molecule has 0 aliphatic rings. The molecule has 1 unspecified atom stereocenters. The van der Waals surface area contributed by atoms with Gasteiger partial charge in [-0.15, -0.1) is 0 Å². The van der Waals surface area contributed by atoms with Crippen LogP contribution in [-0.2, 0) is 10.0 Å². The van der Waals surface area contributed by atoms with E-state index in [2.05, 4.69) is 0 Å². The van der Waals surface area contributed by atoms with Crippen molar-refractivity contribution >= 4 is 15.7 Å². The van der Waals surface area contributed by atoms with Gasteiger partial charge in [-0.3, -0.25) is 10.1 Å². The van der Waals surface area contributed by atoms with Gasteiger partial charge < -0.3 is 5.11 Å². The Morgan fingerprint density at radius 2 is 2.05 bits per heavy atom. The molecule has 0 bridgehead atoms. The molecular formula is C12H18N2O5S. The van der Waals surface area contributed by atoms with Gasteiger partial charge in [0.05, 0.1) is 15.9 Å². The Morgan fingerprint density at radius 3 is 2.55 bits per heavy atom. The van der Waals surface area contributed by atoms with Crippen LogP contribution in [0.25, 0.3) is 0 Å². The molecule has 0 spiro atoms. The third-order valence-corrected chi connectivity index (χ3v) is 5.00. The van der Waals surface area contributed by atoms with Crippen LogP contribution in [0.4, 0.5) is 5.69 Å². The lowest BCUT2D eigenvalue weighted by Gasteiger charge is -2.19. The Kier molecular flexibility index (Phi) is 5.21. The van der Waals surface area contributed by atoms with Gasteiger partial charge in [0, 0.05) is 25.2 Å². The third kappa shape index (κ3) is 3.53. The second-order valence-electron chi connectivity index (χ2n) is 4.62. The van der Waals surface area contributed by atoms with Crippen LogP contribution in [0.15, 0.2) is 23.1 Å². The van der Waals surface area contributed by atoms with Gasteiger partial charge in [0.1, 0.15) is 0 Å². The molecule has 8 heteroatoms. The predicted octanol–water partition coefficient (Wildman–Crippen LogP) is 1.29. The summed E-state index contributed by atoms with van der Waals surface area (Å²) in [6, 6.07) is 3.96. The monoisotopic (exact) mass is 302 g/mol. The zero-order valence-electron chi connectivity index (χ0n) is 11.6. The van der Waals surface area contributed by atoms with Crippen molar-refractivity contribution < 1.29 is 18.4 Å². The van der Waals surface area contributed by atoms with Crippen LogP contribution in [-0.4, -0.2) is 42.4 Å². The summed E-state index contributed by atoms with van der Waals surface area (Å²) in [5.41, 5.74) is -0.114. The van der Waals surface area contributed by atoms with E-state index in [-0.39, 0.29) is 22.7 Å². The van der Waals surface area contributed by atoms with Crippen molar-refractivity contribution in [2.45, 2.75) is 31.3 Å². The van der Waals surface area contributed by atoms with Crippen molar-refractivity contribution in [2.24, 2.45) is 0 Å². The first-order chi connectivity index (χ1) is 9.17. The standard InChI is InChI=1S/C12H18N2O5S/c1-9(15)7-8-13(3)20(18,19)12-6-4-5-11(10(12)2)14(16)17/h4-6,9,15H,7-8H2,1-3H3. The van der Waals surface area contributed by atoms with E-state index >= 15 is 0 Å². The molecule has 1 N–H and O–H groups in total. The van der Waals surface area contributed by atoms with Gasteiger partial charge in [0.25, 0.3) is 5.69 Å². The van der Waals surface area contributed by atoms with E-state index in [1.165, 1.54) is 32.2 Å². The molecule has 1 rings (SSSR count). The van der Waals surface area contributed by atoms with Crippen molar-refractivity contribution in [1.29, 1.82) is 0 Å². The summed E-state index contributed by atoms with van der Waals surface area (Å²) in [6.07, 6.45) is -0.317. The van der Waals surface area contributed by atoms with Gasteiger partial charge >= 0.3 is 0 Å². The molecule has 0 aliphatic carbocycles. The van der Waals surface area contributed by atoms with Crippen LogP contribution in [0, 0.1) is 17.0 Å². The van der Waals surface area contributed by atoms with Gasteiger partial charge in [-0.1, -0.05) is 6.07 Å². The van der Waals surface area contributed by atoms with E-state index in [4.69, 9.17) is 0 Å². The lowest BCUT2D eigenvalue weighted by molar-refractivity contribution is -0.385. The Balaban J connectivity index is 3.16. The van der Waals surface area contributed by atoms with E-state index in [0.29, 0.717) is 6.42 Å². The molecule has 0 radical (unpaired) electrons. The largest absolute Gasteiger partial charge is 0.393 e. The highest BCUT2D eigenvalue weighted by Gasteiger charge is 2.26. The van der Waals surface area contributed by atoms with Crippen LogP contribution < -0.4 is 0 Å². The van der Waals surface area contributed by atoms with Crippen LogP contribution in [0.1, 0.15) is 18.9 Å².